The first-order chi connectivity index (χ1) is 11.5. The number of benzene rings is 1. The van der Waals surface area contributed by atoms with Crippen LogP contribution in [0.5, 0.6) is 0 Å². The molecular weight excluding hydrogens is 300 g/mol. The fourth-order valence-electron chi connectivity index (χ4n) is 3.24. The van der Waals surface area contributed by atoms with Crippen molar-refractivity contribution in [1.82, 2.24) is 9.80 Å². The summed E-state index contributed by atoms with van der Waals surface area (Å²) in [5.74, 6) is 0.589. The van der Waals surface area contributed by atoms with E-state index in [2.05, 4.69) is 45.0 Å². The van der Waals surface area contributed by atoms with Gasteiger partial charge in [0, 0.05) is 38.5 Å². The predicted molar refractivity (Wildman–Crippen MR) is 96.7 cm³/mol. The second-order valence-corrected chi connectivity index (χ2v) is 6.71. The average molecular weight is 330 g/mol. The smallest absolute Gasteiger partial charge is 0.225 e. The van der Waals surface area contributed by atoms with E-state index < -0.39 is 0 Å². The van der Waals surface area contributed by atoms with Gasteiger partial charge >= 0.3 is 0 Å². The van der Waals surface area contributed by atoms with E-state index in [0.717, 1.165) is 19.3 Å². The Morgan fingerprint density at radius 3 is 2.04 bits per heavy atom. The summed E-state index contributed by atoms with van der Waals surface area (Å²) in [5, 5.41) is 0. The van der Waals surface area contributed by atoms with Crippen molar-refractivity contribution in [2.45, 2.75) is 46.5 Å². The number of hydrogen-bond donors (Lipinski definition) is 0. The van der Waals surface area contributed by atoms with E-state index in [1.165, 1.54) is 11.1 Å². The maximum Gasteiger partial charge on any atom is 0.225 e. The predicted octanol–water partition coefficient (Wildman–Crippen LogP) is 3.03. The number of hydrogen-bond acceptors (Lipinski definition) is 2. The van der Waals surface area contributed by atoms with Crippen LogP contribution in [0.25, 0.3) is 0 Å². The fourth-order valence-corrected chi connectivity index (χ4v) is 3.24. The van der Waals surface area contributed by atoms with Gasteiger partial charge in [0.15, 0.2) is 0 Å². The zero-order valence-corrected chi connectivity index (χ0v) is 15.3. The first-order valence-corrected chi connectivity index (χ1v) is 9.17. The SMILES string of the molecule is CCC(CC)C(=O)N1CCN(C(=O)CCc2ccc(C)cc2)CC1. The van der Waals surface area contributed by atoms with Crippen molar-refractivity contribution >= 4 is 11.8 Å². The maximum atomic E-state index is 12.4. The van der Waals surface area contributed by atoms with Crippen LogP contribution >= 0.6 is 0 Å². The van der Waals surface area contributed by atoms with E-state index in [4.69, 9.17) is 0 Å². The Morgan fingerprint density at radius 2 is 1.50 bits per heavy atom. The Bertz CT molecular complexity index is 541. The quantitative estimate of drug-likeness (QED) is 0.804. The monoisotopic (exact) mass is 330 g/mol. The normalized spacial score (nSPS) is 15.0. The molecule has 2 amide bonds. The van der Waals surface area contributed by atoms with E-state index in [9.17, 15) is 9.59 Å². The van der Waals surface area contributed by atoms with Gasteiger partial charge in [-0.15, -0.1) is 0 Å². The molecule has 0 radical (unpaired) electrons. The lowest BCUT2D eigenvalue weighted by molar-refractivity contribution is -0.142. The molecule has 1 aromatic rings. The van der Waals surface area contributed by atoms with E-state index in [-0.39, 0.29) is 17.7 Å². The summed E-state index contributed by atoms with van der Waals surface area (Å²) in [7, 11) is 0. The molecule has 0 aliphatic carbocycles. The summed E-state index contributed by atoms with van der Waals surface area (Å²) in [4.78, 5) is 28.6. The molecule has 2 rings (SSSR count). The Kier molecular flexibility index (Phi) is 6.83. The topological polar surface area (TPSA) is 40.6 Å². The molecule has 4 heteroatoms. The number of carbonyl (C=O) groups excluding carboxylic acids is 2. The minimum absolute atomic E-state index is 0.133. The lowest BCUT2D eigenvalue weighted by Gasteiger charge is -2.36. The van der Waals surface area contributed by atoms with Crippen LogP contribution in [0.15, 0.2) is 24.3 Å². The van der Waals surface area contributed by atoms with Gasteiger partial charge in [0.05, 0.1) is 0 Å². The zero-order valence-electron chi connectivity index (χ0n) is 15.3. The Balaban J connectivity index is 1.78. The zero-order chi connectivity index (χ0) is 17.5. The van der Waals surface area contributed by atoms with Crippen molar-refractivity contribution in [1.29, 1.82) is 0 Å². The Morgan fingerprint density at radius 1 is 0.958 bits per heavy atom. The first-order valence-electron chi connectivity index (χ1n) is 9.17. The second-order valence-electron chi connectivity index (χ2n) is 6.71. The van der Waals surface area contributed by atoms with Crippen molar-refractivity contribution < 1.29 is 9.59 Å². The van der Waals surface area contributed by atoms with Crippen molar-refractivity contribution in [2.75, 3.05) is 26.2 Å². The van der Waals surface area contributed by atoms with Gasteiger partial charge in [0.25, 0.3) is 0 Å². The van der Waals surface area contributed by atoms with Crippen molar-refractivity contribution in [3.63, 3.8) is 0 Å². The molecule has 1 aliphatic heterocycles. The Hall–Kier alpha value is -1.84. The molecule has 132 valence electrons. The van der Waals surface area contributed by atoms with Gasteiger partial charge in [-0.1, -0.05) is 43.7 Å². The van der Waals surface area contributed by atoms with Crippen LogP contribution in [0.4, 0.5) is 0 Å². The van der Waals surface area contributed by atoms with Crippen molar-refractivity contribution in [2.24, 2.45) is 5.92 Å². The van der Waals surface area contributed by atoms with Crippen LogP contribution in [0.2, 0.25) is 0 Å². The number of amides is 2. The van der Waals surface area contributed by atoms with Crippen LogP contribution in [0.3, 0.4) is 0 Å². The molecule has 1 aliphatic rings. The summed E-state index contributed by atoms with van der Waals surface area (Å²) in [6.07, 6.45) is 3.12. The lowest BCUT2D eigenvalue weighted by Crippen LogP contribution is -2.51. The van der Waals surface area contributed by atoms with Crippen molar-refractivity contribution in [3.05, 3.63) is 35.4 Å². The third-order valence-corrected chi connectivity index (χ3v) is 5.03. The third kappa shape index (κ3) is 4.83. The number of aryl methyl sites for hydroxylation is 2. The average Bonchev–Trinajstić information content (AvgIpc) is 2.62. The van der Waals surface area contributed by atoms with Gasteiger partial charge in [-0.05, 0) is 31.7 Å². The number of carbonyl (C=O) groups is 2. The standard InChI is InChI=1S/C20H30N2O2/c1-4-18(5-2)20(24)22-14-12-21(13-15-22)19(23)11-10-17-8-6-16(3)7-9-17/h6-9,18H,4-5,10-15H2,1-3H3. The molecule has 0 bridgehead atoms. The summed E-state index contributed by atoms with van der Waals surface area (Å²) < 4.78 is 0. The molecule has 0 aromatic heterocycles. The molecule has 4 nitrogen and oxygen atoms in total. The van der Waals surface area contributed by atoms with Gasteiger partial charge in [-0.3, -0.25) is 9.59 Å². The van der Waals surface area contributed by atoms with Crippen molar-refractivity contribution in [3.8, 4) is 0 Å². The molecule has 1 saturated heterocycles. The highest BCUT2D eigenvalue weighted by Gasteiger charge is 2.27. The largest absolute Gasteiger partial charge is 0.339 e. The van der Waals surface area contributed by atoms with Gasteiger partial charge < -0.3 is 9.80 Å². The second kappa shape index (κ2) is 8.86. The molecule has 0 spiro atoms. The van der Waals surface area contributed by atoms with Gasteiger partial charge in [0.1, 0.15) is 0 Å². The summed E-state index contributed by atoms with van der Waals surface area (Å²) >= 11 is 0. The number of rotatable bonds is 6. The minimum Gasteiger partial charge on any atom is -0.339 e. The highest BCUT2D eigenvalue weighted by atomic mass is 16.2. The van der Waals surface area contributed by atoms with E-state index >= 15 is 0 Å². The van der Waals surface area contributed by atoms with Crippen LogP contribution in [-0.4, -0.2) is 47.8 Å². The highest BCUT2D eigenvalue weighted by Crippen LogP contribution is 2.15. The molecule has 24 heavy (non-hydrogen) atoms. The fraction of sp³-hybridized carbons (Fsp3) is 0.600. The number of piperazine rings is 1. The van der Waals surface area contributed by atoms with Gasteiger partial charge in [0.2, 0.25) is 11.8 Å². The van der Waals surface area contributed by atoms with Crippen LogP contribution in [-0.2, 0) is 16.0 Å². The maximum absolute atomic E-state index is 12.4. The van der Waals surface area contributed by atoms with Gasteiger partial charge in [-0.2, -0.15) is 0 Å². The molecular formula is C20H30N2O2. The van der Waals surface area contributed by atoms with E-state index in [1.807, 2.05) is 9.80 Å². The minimum atomic E-state index is 0.133. The lowest BCUT2D eigenvalue weighted by atomic mass is 10.0. The molecule has 0 atom stereocenters. The summed E-state index contributed by atoms with van der Waals surface area (Å²) in [5.41, 5.74) is 2.44. The summed E-state index contributed by atoms with van der Waals surface area (Å²) in [6.45, 7) is 8.87. The summed E-state index contributed by atoms with van der Waals surface area (Å²) in [6, 6.07) is 8.36. The highest BCUT2D eigenvalue weighted by molar-refractivity contribution is 5.80. The molecule has 1 fully saturated rings. The molecule has 0 N–H and O–H groups in total. The van der Waals surface area contributed by atoms with Crippen LogP contribution in [0, 0.1) is 12.8 Å². The third-order valence-electron chi connectivity index (χ3n) is 5.03. The van der Waals surface area contributed by atoms with E-state index in [1.54, 1.807) is 0 Å². The van der Waals surface area contributed by atoms with E-state index in [0.29, 0.717) is 32.6 Å². The van der Waals surface area contributed by atoms with Crippen LogP contribution in [0.1, 0.15) is 44.2 Å². The number of nitrogens with zero attached hydrogens (tertiary/aromatic N) is 2. The van der Waals surface area contributed by atoms with Crippen LogP contribution < -0.4 is 0 Å². The molecule has 0 unspecified atom stereocenters. The molecule has 1 heterocycles. The first kappa shape index (κ1) is 18.5. The Labute approximate surface area is 145 Å². The van der Waals surface area contributed by atoms with Gasteiger partial charge in [-0.25, -0.2) is 0 Å². The molecule has 1 aromatic carbocycles. The molecule has 0 saturated carbocycles.